The lowest BCUT2D eigenvalue weighted by molar-refractivity contribution is 0.517. The molecule has 0 amide bonds. The fourth-order valence-electron chi connectivity index (χ4n) is 1.75. The molecule has 0 aliphatic heterocycles. The lowest BCUT2D eigenvalue weighted by atomic mass is 9.99. The van der Waals surface area contributed by atoms with Crippen molar-refractivity contribution in [2.45, 2.75) is 26.9 Å². The summed E-state index contributed by atoms with van der Waals surface area (Å²) in [7, 11) is 3.94. The van der Waals surface area contributed by atoms with Crippen molar-refractivity contribution in [2.75, 3.05) is 14.1 Å². The van der Waals surface area contributed by atoms with Gasteiger partial charge < -0.3 is 10.6 Å². The Morgan fingerprint density at radius 1 is 0.857 bits per heavy atom. The molecule has 0 fully saturated rings. The second kappa shape index (κ2) is 4.58. The van der Waals surface area contributed by atoms with Gasteiger partial charge in [-0.3, -0.25) is 0 Å². The van der Waals surface area contributed by atoms with Crippen molar-refractivity contribution in [2.24, 2.45) is 0 Å². The van der Waals surface area contributed by atoms with Gasteiger partial charge in [-0.2, -0.15) is 0 Å². The van der Waals surface area contributed by atoms with E-state index in [9.17, 15) is 0 Å². The number of nitrogens with one attached hydrogen (secondary N) is 2. The van der Waals surface area contributed by atoms with Gasteiger partial charge in [0.15, 0.2) is 0 Å². The fourth-order valence-corrected chi connectivity index (χ4v) is 1.75. The highest BCUT2D eigenvalue weighted by atomic mass is 15.1. The smallest absolute Gasteiger partial charge is 0.0833 e. The molecule has 1 rings (SSSR count). The molecule has 0 bridgehead atoms. The molecule has 0 unspecified atom stereocenters. The van der Waals surface area contributed by atoms with E-state index in [2.05, 4.69) is 43.5 Å². The number of rotatable bonds is 3. The predicted octanol–water partition coefficient (Wildman–Crippen LogP) is 2.05. The standard InChI is InChI=1S/C12H20N2/c1-8-6-10(3)11(7-9(8)2)12(13-4)14-5/h6-7,12-14H,1-5H3. The van der Waals surface area contributed by atoms with Gasteiger partial charge in [0.25, 0.3) is 0 Å². The topological polar surface area (TPSA) is 24.1 Å². The van der Waals surface area contributed by atoms with E-state index in [1.165, 1.54) is 22.3 Å². The highest BCUT2D eigenvalue weighted by Gasteiger charge is 2.09. The van der Waals surface area contributed by atoms with Crippen LogP contribution in [-0.4, -0.2) is 14.1 Å². The third kappa shape index (κ3) is 2.14. The van der Waals surface area contributed by atoms with Gasteiger partial charge in [0, 0.05) is 0 Å². The molecule has 1 aromatic rings. The summed E-state index contributed by atoms with van der Waals surface area (Å²) in [6.45, 7) is 6.46. The van der Waals surface area contributed by atoms with Crippen molar-refractivity contribution < 1.29 is 0 Å². The minimum atomic E-state index is 0.245. The molecule has 2 heteroatoms. The summed E-state index contributed by atoms with van der Waals surface area (Å²) in [6, 6.07) is 4.49. The highest BCUT2D eigenvalue weighted by Crippen LogP contribution is 2.19. The SMILES string of the molecule is CNC(NC)c1cc(C)c(C)cc1C. The highest BCUT2D eigenvalue weighted by molar-refractivity contribution is 5.37. The van der Waals surface area contributed by atoms with Crippen LogP contribution in [-0.2, 0) is 0 Å². The van der Waals surface area contributed by atoms with Gasteiger partial charge in [-0.15, -0.1) is 0 Å². The van der Waals surface area contributed by atoms with Crippen LogP contribution in [0.3, 0.4) is 0 Å². The van der Waals surface area contributed by atoms with Crippen LogP contribution >= 0.6 is 0 Å². The Bertz CT molecular complexity index is 314. The number of aryl methyl sites for hydroxylation is 3. The van der Waals surface area contributed by atoms with Crippen LogP contribution in [0, 0.1) is 20.8 Å². The van der Waals surface area contributed by atoms with Crippen LogP contribution in [0.2, 0.25) is 0 Å². The molecule has 2 nitrogen and oxygen atoms in total. The van der Waals surface area contributed by atoms with E-state index in [-0.39, 0.29) is 6.17 Å². The van der Waals surface area contributed by atoms with Crippen LogP contribution in [0.1, 0.15) is 28.4 Å². The Hall–Kier alpha value is -0.860. The summed E-state index contributed by atoms with van der Waals surface area (Å²) in [6.07, 6.45) is 0.245. The molecule has 0 aromatic heterocycles. The van der Waals surface area contributed by atoms with Crippen LogP contribution in [0.5, 0.6) is 0 Å². The lowest BCUT2D eigenvalue weighted by Crippen LogP contribution is -2.29. The molecule has 0 aliphatic carbocycles. The van der Waals surface area contributed by atoms with E-state index in [0.29, 0.717) is 0 Å². The van der Waals surface area contributed by atoms with Gasteiger partial charge in [-0.1, -0.05) is 12.1 Å². The molecule has 14 heavy (non-hydrogen) atoms. The second-order valence-electron chi connectivity index (χ2n) is 3.80. The summed E-state index contributed by atoms with van der Waals surface area (Å²) in [5, 5.41) is 6.49. The van der Waals surface area contributed by atoms with Crippen molar-refractivity contribution in [3.05, 3.63) is 34.4 Å². The first kappa shape index (κ1) is 11.2. The Labute approximate surface area is 86.7 Å². The minimum Gasteiger partial charge on any atom is -0.301 e. The van der Waals surface area contributed by atoms with Gasteiger partial charge >= 0.3 is 0 Å². The summed E-state index contributed by atoms with van der Waals surface area (Å²) in [5.41, 5.74) is 5.37. The first-order valence-corrected chi connectivity index (χ1v) is 5.02. The van der Waals surface area contributed by atoms with E-state index < -0.39 is 0 Å². The fraction of sp³-hybridized carbons (Fsp3) is 0.500. The maximum Gasteiger partial charge on any atom is 0.0833 e. The molecule has 2 N–H and O–H groups in total. The van der Waals surface area contributed by atoms with Crippen LogP contribution in [0.4, 0.5) is 0 Å². The molecule has 0 saturated carbocycles. The molecular formula is C12H20N2. The maximum atomic E-state index is 3.24. The van der Waals surface area contributed by atoms with E-state index in [1.807, 2.05) is 14.1 Å². The Morgan fingerprint density at radius 2 is 1.36 bits per heavy atom. The maximum absolute atomic E-state index is 3.24. The second-order valence-corrected chi connectivity index (χ2v) is 3.80. The molecule has 0 saturated heterocycles. The Morgan fingerprint density at radius 3 is 1.86 bits per heavy atom. The first-order chi connectivity index (χ1) is 6.60. The van der Waals surface area contributed by atoms with Crippen molar-refractivity contribution >= 4 is 0 Å². The van der Waals surface area contributed by atoms with E-state index >= 15 is 0 Å². The Balaban J connectivity index is 3.14. The van der Waals surface area contributed by atoms with E-state index in [4.69, 9.17) is 0 Å². The average Bonchev–Trinajstić information content (AvgIpc) is 2.15. The van der Waals surface area contributed by atoms with E-state index in [1.54, 1.807) is 0 Å². The quantitative estimate of drug-likeness (QED) is 0.716. The number of hydrogen-bond acceptors (Lipinski definition) is 2. The zero-order chi connectivity index (χ0) is 10.7. The van der Waals surface area contributed by atoms with Crippen LogP contribution in [0.15, 0.2) is 12.1 Å². The molecule has 0 atom stereocenters. The lowest BCUT2D eigenvalue weighted by Gasteiger charge is -2.19. The molecule has 1 aromatic carbocycles. The Kier molecular flexibility index (Phi) is 3.67. The van der Waals surface area contributed by atoms with Crippen molar-refractivity contribution in [3.8, 4) is 0 Å². The van der Waals surface area contributed by atoms with Gasteiger partial charge in [-0.05, 0) is 57.1 Å². The van der Waals surface area contributed by atoms with Crippen LogP contribution < -0.4 is 10.6 Å². The summed E-state index contributed by atoms with van der Waals surface area (Å²) in [4.78, 5) is 0. The predicted molar refractivity (Wildman–Crippen MR) is 61.5 cm³/mol. The van der Waals surface area contributed by atoms with Gasteiger partial charge in [0.1, 0.15) is 0 Å². The molecular weight excluding hydrogens is 172 g/mol. The van der Waals surface area contributed by atoms with Crippen molar-refractivity contribution in [1.82, 2.24) is 10.6 Å². The third-order valence-electron chi connectivity index (χ3n) is 2.77. The third-order valence-corrected chi connectivity index (χ3v) is 2.77. The zero-order valence-corrected chi connectivity index (χ0v) is 9.73. The summed E-state index contributed by atoms with van der Waals surface area (Å²) in [5.74, 6) is 0. The van der Waals surface area contributed by atoms with E-state index in [0.717, 1.165) is 0 Å². The number of hydrogen-bond donors (Lipinski definition) is 2. The van der Waals surface area contributed by atoms with Crippen LogP contribution in [0.25, 0.3) is 0 Å². The summed E-state index contributed by atoms with van der Waals surface area (Å²) < 4.78 is 0. The van der Waals surface area contributed by atoms with Gasteiger partial charge in [0.2, 0.25) is 0 Å². The normalized spacial score (nSPS) is 11.0. The van der Waals surface area contributed by atoms with Gasteiger partial charge in [0.05, 0.1) is 6.17 Å². The first-order valence-electron chi connectivity index (χ1n) is 5.02. The van der Waals surface area contributed by atoms with Gasteiger partial charge in [-0.25, -0.2) is 0 Å². The van der Waals surface area contributed by atoms with Crippen molar-refractivity contribution in [3.63, 3.8) is 0 Å². The molecule has 0 radical (unpaired) electrons. The zero-order valence-electron chi connectivity index (χ0n) is 9.73. The molecule has 0 heterocycles. The molecule has 0 spiro atoms. The number of benzene rings is 1. The van der Waals surface area contributed by atoms with Crippen molar-refractivity contribution in [1.29, 1.82) is 0 Å². The summed E-state index contributed by atoms with van der Waals surface area (Å²) >= 11 is 0. The minimum absolute atomic E-state index is 0.245. The molecule has 0 aliphatic rings. The average molecular weight is 192 g/mol. The largest absolute Gasteiger partial charge is 0.301 e. The monoisotopic (exact) mass is 192 g/mol. The molecule has 78 valence electrons.